The number of amides is 2. The fraction of sp³-hybridized carbons (Fsp3) is 0.692. The molecule has 0 radical (unpaired) electrons. The monoisotopic (exact) mass is 424 g/mol. The molecule has 4 fully saturated rings. The normalized spacial score (nSPS) is 32.1. The maximum absolute atomic E-state index is 13.0. The molecule has 2 aliphatic heterocycles. The summed E-state index contributed by atoms with van der Waals surface area (Å²) in [6.45, 7) is 8.99. The first-order valence-electron chi connectivity index (χ1n) is 12.0. The Balaban J connectivity index is 1.14. The molecule has 2 aliphatic carbocycles. The van der Waals surface area contributed by atoms with Crippen molar-refractivity contribution in [2.45, 2.75) is 82.6 Å². The first-order chi connectivity index (χ1) is 14.7. The summed E-state index contributed by atoms with van der Waals surface area (Å²) in [4.78, 5) is 26.4. The molecule has 31 heavy (non-hydrogen) atoms. The molecule has 5 rings (SSSR count). The fourth-order valence-corrected chi connectivity index (χ4v) is 6.43. The van der Waals surface area contributed by atoms with E-state index in [2.05, 4.69) is 55.3 Å². The Morgan fingerprint density at radius 3 is 2.32 bits per heavy atom. The van der Waals surface area contributed by atoms with Crippen LogP contribution in [0, 0.1) is 11.3 Å². The summed E-state index contributed by atoms with van der Waals surface area (Å²) in [5.41, 5.74) is 3.24. The summed E-state index contributed by atoms with van der Waals surface area (Å²) in [5, 5.41) is 2.89. The van der Waals surface area contributed by atoms with E-state index in [9.17, 15) is 9.59 Å². The van der Waals surface area contributed by atoms with Crippen molar-refractivity contribution in [1.82, 2.24) is 10.2 Å². The number of likely N-dealkylation sites (tertiary alicyclic amines) is 1. The standard InChI is InChI=1S/C26H36N2O3/c1-24(2,3)21-6-4-18(5-7-21)19-8-9-25(14-19)10-12-28(13-11-25)22(29)20-15-26(16-20)17-31-23(30)27-26/h4-7,19-20H,8-17H2,1-3H3,(H,27,30)/t19?,20-,26+. The van der Waals surface area contributed by atoms with Crippen molar-refractivity contribution >= 4 is 12.0 Å². The Morgan fingerprint density at radius 1 is 1.06 bits per heavy atom. The van der Waals surface area contributed by atoms with Gasteiger partial charge in [-0.15, -0.1) is 0 Å². The van der Waals surface area contributed by atoms with Crippen LogP contribution in [0.3, 0.4) is 0 Å². The summed E-state index contributed by atoms with van der Waals surface area (Å²) >= 11 is 0. The Morgan fingerprint density at radius 2 is 1.74 bits per heavy atom. The van der Waals surface area contributed by atoms with Gasteiger partial charge in [-0.1, -0.05) is 45.0 Å². The van der Waals surface area contributed by atoms with E-state index in [1.807, 2.05) is 0 Å². The molecule has 5 nitrogen and oxygen atoms in total. The lowest BCUT2D eigenvalue weighted by Gasteiger charge is -2.46. The lowest BCUT2D eigenvalue weighted by Crippen LogP contribution is -2.59. The van der Waals surface area contributed by atoms with E-state index in [-0.39, 0.29) is 28.9 Å². The van der Waals surface area contributed by atoms with Gasteiger partial charge in [0.15, 0.2) is 0 Å². The molecule has 1 aromatic rings. The van der Waals surface area contributed by atoms with Gasteiger partial charge in [-0.2, -0.15) is 0 Å². The molecule has 1 unspecified atom stereocenters. The number of hydrogen-bond donors (Lipinski definition) is 1. The molecule has 5 heteroatoms. The molecular formula is C26H36N2O3. The summed E-state index contributed by atoms with van der Waals surface area (Å²) in [6.07, 6.45) is 7.21. The van der Waals surface area contributed by atoms with Gasteiger partial charge < -0.3 is 15.0 Å². The minimum atomic E-state index is -0.338. The number of ether oxygens (including phenoxy) is 1. The molecule has 4 aliphatic rings. The number of hydrogen-bond acceptors (Lipinski definition) is 3. The average Bonchev–Trinajstić information content (AvgIpc) is 3.31. The number of nitrogens with one attached hydrogen (secondary N) is 1. The van der Waals surface area contributed by atoms with Crippen LogP contribution in [0.4, 0.5) is 4.79 Å². The zero-order valence-corrected chi connectivity index (χ0v) is 19.2. The molecular weight excluding hydrogens is 388 g/mol. The Hall–Kier alpha value is -2.04. The van der Waals surface area contributed by atoms with E-state index in [0.717, 1.165) is 38.8 Å². The number of rotatable bonds is 2. The van der Waals surface area contributed by atoms with E-state index >= 15 is 0 Å². The Kier molecular flexibility index (Phi) is 4.87. The van der Waals surface area contributed by atoms with Crippen LogP contribution in [0.2, 0.25) is 0 Å². The SMILES string of the molecule is CC(C)(C)c1ccc(C2CCC3(CCN(C(=O)[C@H]4C[C@]5(COC(=O)N5)C4)CC3)C2)cc1. The lowest BCUT2D eigenvalue weighted by molar-refractivity contribution is -0.143. The van der Waals surface area contributed by atoms with Gasteiger partial charge in [0.05, 0.1) is 5.54 Å². The van der Waals surface area contributed by atoms with Gasteiger partial charge in [-0.05, 0) is 72.8 Å². The molecule has 168 valence electrons. The van der Waals surface area contributed by atoms with Gasteiger partial charge in [0, 0.05) is 19.0 Å². The third kappa shape index (κ3) is 3.85. The molecule has 2 saturated heterocycles. The second-order valence-corrected chi connectivity index (χ2v) is 11.7. The summed E-state index contributed by atoms with van der Waals surface area (Å²) in [7, 11) is 0. The highest BCUT2D eigenvalue weighted by Crippen LogP contribution is 2.53. The largest absolute Gasteiger partial charge is 0.447 e. The van der Waals surface area contributed by atoms with Crippen molar-refractivity contribution in [3.05, 3.63) is 35.4 Å². The van der Waals surface area contributed by atoms with Crippen LogP contribution in [0.15, 0.2) is 24.3 Å². The van der Waals surface area contributed by atoms with Crippen molar-refractivity contribution in [1.29, 1.82) is 0 Å². The maximum Gasteiger partial charge on any atom is 0.407 e. The molecule has 2 heterocycles. The fourth-order valence-electron chi connectivity index (χ4n) is 6.43. The van der Waals surface area contributed by atoms with E-state index < -0.39 is 0 Å². The number of cyclic esters (lactones) is 1. The van der Waals surface area contributed by atoms with E-state index in [1.165, 1.54) is 30.4 Å². The van der Waals surface area contributed by atoms with Crippen molar-refractivity contribution in [3.8, 4) is 0 Å². The lowest BCUT2D eigenvalue weighted by atomic mass is 9.68. The molecule has 2 spiro atoms. The number of carbonyl (C=O) groups excluding carboxylic acids is 2. The number of alkyl carbamates (subject to hydrolysis) is 1. The first-order valence-corrected chi connectivity index (χ1v) is 12.0. The molecule has 1 aromatic carbocycles. The van der Waals surface area contributed by atoms with E-state index in [0.29, 0.717) is 17.9 Å². The smallest absolute Gasteiger partial charge is 0.407 e. The second kappa shape index (κ2) is 7.25. The second-order valence-electron chi connectivity index (χ2n) is 11.7. The Bertz CT molecular complexity index is 856. The van der Waals surface area contributed by atoms with Crippen LogP contribution < -0.4 is 5.32 Å². The average molecular weight is 425 g/mol. The third-order valence-electron chi connectivity index (χ3n) is 8.56. The van der Waals surface area contributed by atoms with Crippen LogP contribution in [-0.4, -0.2) is 42.1 Å². The number of nitrogens with zero attached hydrogens (tertiary/aromatic N) is 1. The molecule has 1 N–H and O–H groups in total. The summed E-state index contributed by atoms with van der Waals surface area (Å²) < 4.78 is 5.04. The molecule has 1 atom stereocenters. The molecule has 2 amide bonds. The van der Waals surface area contributed by atoms with Crippen LogP contribution in [0.1, 0.15) is 82.8 Å². The first kappa shape index (κ1) is 20.8. The molecule has 2 saturated carbocycles. The van der Waals surface area contributed by atoms with Gasteiger partial charge in [0.25, 0.3) is 0 Å². The predicted molar refractivity (Wildman–Crippen MR) is 120 cm³/mol. The Labute approximate surface area is 185 Å². The maximum atomic E-state index is 13.0. The van der Waals surface area contributed by atoms with Crippen LogP contribution in [-0.2, 0) is 14.9 Å². The number of carbonyl (C=O) groups is 2. The quantitative estimate of drug-likeness (QED) is 0.745. The van der Waals surface area contributed by atoms with Gasteiger partial charge >= 0.3 is 6.09 Å². The topological polar surface area (TPSA) is 58.6 Å². The highest BCUT2D eigenvalue weighted by Gasteiger charge is 2.54. The van der Waals surface area contributed by atoms with E-state index in [4.69, 9.17) is 4.74 Å². The van der Waals surface area contributed by atoms with Gasteiger partial charge in [0.2, 0.25) is 5.91 Å². The minimum absolute atomic E-state index is 0.0497. The molecule has 0 bridgehead atoms. The van der Waals surface area contributed by atoms with Crippen LogP contribution in [0.5, 0.6) is 0 Å². The summed E-state index contributed by atoms with van der Waals surface area (Å²) in [5.74, 6) is 0.997. The molecule has 0 aromatic heterocycles. The highest BCUT2D eigenvalue weighted by atomic mass is 16.6. The van der Waals surface area contributed by atoms with Crippen LogP contribution in [0.25, 0.3) is 0 Å². The number of piperidine rings is 1. The van der Waals surface area contributed by atoms with Crippen molar-refractivity contribution < 1.29 is 14.3 Å². The minimum Gasteiger partial charge on any atom is -0.447 e. The van der Waals surface area contributed by atoms with Crippen molar-refractivity contribution in [2.75, 3.05) is 19.7 Å². The van der Waals surface area contributed by atoms with Crippen molar-refractivity contribution in [2.24, 2.45) is 11.3 Å². The predicted octanol–water partition coefficient (Wildman–Crippen LogP) is 4.75. The zero-order valence-electron chi connectivity index (χ0n) is 19.2. The third-order valence-corrected chi connectivity index (χ3v) is 8.56. The van der Waals surface area contributed by atoms with Crippen molar-refractivity contribution in [3.63, 3.8) is 0 Å². The van der Waals surface area contributed by atoms with Gasteiger partial charge in [-0.3, -0.25) is 4.79 Å². The zero-order chi connectivity index (χ0) is 21.9. The van der Waals surface area contributed by atoms with Gasteiger partial charge in [0.1, 0.15) is 6.61 Å². The van der Waals surface area contributed by atoms with Crippen LogP contribution >= 0.6 is 0 Å². The van der Waals surface area contributed by atoms with E-state index in [1.54, 1.807) is 0 Å². The van der Waals surface area contributed by atoms with Gasteiger partial charge in [-0.25, -0.2) is 4.79 Å². The highest BCUT2D eigenvalue weighted by molar-refractivity contribution is 5.81. The summed E-state index contributed by atoms with van der Waals surface area (Å²) in [6, 6.07) is 9.32. The number of benzene rings is 1.